The van der Waals surface area contributed by atoms with E-state index in [0.29, 0.717) is 20.9 Å². The molecule has 0 spiro atoms. The average Bonchev–Trinajstić information content (AvgIpc) is 2.90. The molecule has 1 N–H and O–H groups in total. The summed E-state index contributed by atoms with van der Waals surface area (Å²) in [4.78, 5) is 20.9. The van der Waals surface area contributed by atoms with Crippen molar-refractivity contribution in [1.82, 2.24) is 10.3 Å². The van der Waals surface area contributed by atoms with Gasteiger partial charge in [0.2, 0.25) is 0 Å². The number of thioether (sulfide) groups is 1. The molecule has 1 aromatic heterocycles. The number of amidine groups is 1. The van der Waals surface area contributed by atoms with Gasteiger partial charge in [0.15, 0.2) is 11.0 Å². The molecule has 2 heterocycles. The van der Waals surface area contributed by atoms with Gasteiger partial charge in [0.1, 0.15) is 0 Å². The van der Waals surface area contributed by atoms with Gasteiger partial charge >= 0.3 is 0 Å². The molecule has 0 radical (unpaired) electrons. The number of carbonyl (C=O) groups excluding carboxylic acids is 1. The number of rotatable bonds is 3. The van der Waals surface area contributed by atoms with Gasteiger partial charge in [-0.1, -0.05) is 54.1 Å². The summed E-state index contributed by atoms with van der Waals surface area (Å²) in [5.74, 6) is 0.332. The molecule has 0 aliphatic carbocycles. The van der Waals surface area contributed by atoms with Crippen molar-refractivity contribution in [3.05, 3.63) is 76.3 Å². The third-order valence-corrected chi connectivity index (χ3v) is 4.07. The minimum absolute atomic E-state index is 0.166. The number of carbonyl (C=O) groups is 1. The fourth-order valence-corrected chi connectivity index (χ4v) is 2.74. The first-order valence-corrected chi connectivity index (χ1v) is 8.03. The van der Waals surface area contributed by atoms with Crippen LogP contribution in [-0.4, -0.2) is 16.1 Å². The zero-order valence-electron chi connectivity index (χ0n) is 11.9. The largest absolute Gasteiger partial charge is 0.300 e. The SMILES string of the molecule is O=C1NC(=Nc2ccc(Cl)cn2)S/C1=C\C=C/c1ccccc1. The second kappa shape index (κ2) is 7.26. The van der Waals surface area contributed by atoms with Crippen molar-refractivity contribution in [3.8, 4) is 0 Å². The lowest BCUT2D eigenvalue weighted by Crippen LogP contribution is -2.19. The summed E-state index contributed by atoms with van der Waals surface area (Å²) >= 11 is 7.06. The summed E-state index contributed by atoms with van der Waals surface area (Å²) < 4.78 is 0. The summed E-state index contributed by atoms with van der Waals surface area (Å²) in [6, 6.07) is 13.3. The molecule has 0 bridgehead atoms. The smallest absolute Gasteiger partial charge is 0.264 e. The van der Waals surface area contributed by atoms with Crippen LogP contribution in [0, 0.1) is 0 Å². The van der Waals surface area contributed by atoms with E-state index in [4.69, 9.17) is 11.6 Å². The van der Waals surface area contributed by atoms with Gasteiger partial charge in [0.05, 0.1) is 9.93 Å². The van der Waals surface area contributed by atoms with E-state index in [0.717, 1.165) is 5.56 Å². The number of halogens is 1. The molecule has 1 aliphatic heterocycles. The van der Waals surface area contributed by atoms with E-state index in [2.05, 4.69) is 15.3 Å². The van der Waals surface area contributed by atoms with Crippen LogP contribution in [0.25, 0.3) is 6.08 Å². The molecule has 3 rings (SSSR count). The fourth-order valence-electron chi connectivity index (χ4n) is 1.84. The zero-order chi connectivity index (χ0) is 16.1. The molecule has 4 nitrogen and oxygen atoms in total. The van der Waals surface area contributed by atoms with Crippen LogP contribution in [0.15, 0.2) is 70.7 Å². The van der Waals surface area contributed by atoms with Gasteiger partial charge in [-0.3, -0.25) is 4.79 Å². The van der Waals surface area contributed by atoms with Crippen LogP contribution in [0.1, 0.15) is 5.56 Å². The highest BCUT2D eigenvalue weighted by molar-refractivity contribution is 8.18. The topological polar surface area (TPSA) is 54.4 Å². The molecular weight excluding hydrogens is 330 g/mol. The van der Waals surface area contributed by atoms with E-state index >= 15 is 0 Å². The highest BCUT2D eigenvalue weighted by Crippen LogP contribution is 2.25. The fraction of sp³-hybridized carbons (Fsp3) is 0. The molecule has 23 heavy (non-hydrogen) atoms. The lowest BCUT2D eigenvalue weighted by molar-refractivity contribution is -0.115. The van der Waals surface area contributed by atoms with Crippen molar-refractivity contribution < 1.29 is 4.79 Å². The Labute approximate surface area is 143 Å². The van der Waals surface area contributed by atoms with E-state index in [1.807, 2.05) is 42.5 Å². The first kappa shape index (κ1) is 15.5. The van der Waals surface area contributed by atoms with Crippen LogP contribution in [0.2, 0.25) is 5.02 Å². The monoisotopic (exact) mass is 341 g/mol. The number of pyridine rings is 1. The molecule has 1 saturated heterocycles. The minimum atomic E-state index is -0.166. The number of nitrogens with one attached hydrogen (secondary N) is 1. The molecule has 0 saturated carbocycles. The van der Waals surface area contributed by atoms with Crippen molar-refractivity contribution >= 4 is 46.3 Å². The highest BCUT2D eigenvalue weighted by Gasteiger charge is 2.23. The van der Waals surface area contributed by atoms with Crippen LogP contribution in [0.5, 0.6) is 0 Å². The predicted octanol–water partition coefficient (Wildman–Crippen LogP) is 4.18. The predicted molar refractivity (Wildman–Crippen MR) is 95.6 cm³/mol. The number of nitrogens with zero attached hydrogens (tertiary/aromatic N) is 2. The van der Waals surface area contributed by atoms with Crippen molar-refractivity contribution in [2.24, 2.45) is 4.99 Å². The van der Waals surface area contributed by atoms with Gasteiger partial charge in [0, 0.05) is 6.20 Å². The van der Waals surface area contributed by atoms with Gasteiger partial charge in [-0.25, -0.2) is 9.98 Å². The van der Waals surface area contributed by atoms with Crippen LogP contribution >= 0.6 is 23.4 Å². The number of benzene rings is 1. The number of allylic oxidation sites excluding steroid dienone is 2. The first-order chi connectivity index (χ1) is 11.2. The molecule has 6 heteroatoms. The summed E-state index contributed by atoms with van der Waals surface area (Å²) in [5, 5.41) is 3.76. The Bertz CT molecular complexity index is 798. The molecule has 114 valence electrons. The molecular formula is C17H12ClN3OS. The molecule has 1 fully saturated rings. The minimum Gasteiger partial charge on any atom is -0.300 e. The van der Waals surface area contributed by atoms with Gasteiger partial charge < -0.3 is 5.32 Å². The molecule has 1 amide bonds. The van der Waals surface area contributed by atoms with Crippen LogP contribution in [0.4, 0.5) is 5.82 Å². The Kier molecular flexibility index (Phi) is 4.90. The maximum absolute atomic E-state index is 11.9. The Morgan fingerprint density at radius 3 is 2.74 bits per heavy atom. The average molecular weight is 342 g/mol. The summed E-state index contributed by atoms with van der Waals surface area (Å²) in [5.41, 5.74) is 1.08. The van der Waals surface area contributed by atoms with Crippen LogP contribution in [-0.2, 0) is 4.79 Å². The van der Waals surface area contributed by atoms with Crippen molar-refractivity contribution in [3.63, 3.8) is 0 Å². The van der Waals surface area contributed by atoms with Gasteiger partial charge in [-0.2, -0.15) is 0 Å². The van der Waals surface area contributed by atoms with Gasteiger partial charge in [-0.05, 0) is 35.5 Å². The number of amides is 1. The molecule has 1 aliphatic rings. The van der Waals surface area contributed by atoms with Crippen LogP contribution in [0.3, 0.4) is 0 Å². The van der Waals surface area contributed by atoms with E-state index in [9.17, 15) is 4.79 Å². The Balaban J connectivity index is 1.71. The number of aromatic nitrogens is 1. The highest BCUT2D eigenvalue weighted by atomic mass is 35.5. The molecule has 0 atom stereocenters. The molecule has 0 unspecified atom stereocenters. The quantitative estimate of drug-likeness (QED) is 0.852. The van der Waals surface area contributed by atoms with E-state index < -0.39 is 0 Å². The maximum Gasteiger partial charge on any atom is 0.264 e. The second-order valence-electron chi connectivity index (χ2n) is 4.61. The lowest BCUT2D eigenvalue weighted by atomic mass is 10.2. The van der Waals surface area contributed by atoms with Crippen molar-refractivity contribution in [1.29, 1.82) is 0 Å². The van der Waals surface area contributed by atoms with Crippen LogP contribution < -0.4 is 5.32 Å². The number of hydrogen-bond donors (Lipinski definition) is 1. The molecule has 1 aromatic carbocycles. The Hall–Kier alpha value is -2.37. The Morgan fingerprint density at radius 1 is 1.17 bits per heavy atom. The summed E-state index contributed by atoms with van der Waals surface area (Å²) in [6.45, 7) is 0. The third kappa shape index (κ3) is 4.31. The summed E-state index contributed by atoms with van der Waals surface area (Å²) in [7, 11) is 0. The Morgan fingerprint density at radius 2 is 2.00 bits per heavy atom. The van der Waals surface area contributed by atoms with E-state index in [1.165, 1.54) is 18.0 Å². The molecule has 2 aromatic rings. The van der Waals surface area contributed by atoms with E-state index in [1.54, 1.807) is 18.2 Å². The first-order valence-electron chi connectivity index (χ1n) is 6.83. The van der Waals surface area contributed by atoms with Gasteiger partial charge in [-0.15, -0.1) is 0 Å². The maximum atomic E-state index is 11.9. The normalized spacial score (nSPS) is 18.0. The third-order valence-electron chi connectivity index (χ3n) is 2.91. The van der Waals surface area contributed by atoms with Crippen molar-refractivity contribution in [2.75, 3.05) is 0 Å². The van der Waals surface area contributed by atoms with E-state index in [-0.39, 0.29) is 5.91 Å². The zero-order valence-corrected chi connectivity index (χ0v) is 13.5. The standard InChI is InChI=1S/C17H12ClN3OS/c18-13-9-10-15(19-11-13)20-17-21-16(22)14(23-17)8-4-7-12-5-2-1-3-6-12/h1-11H,(H,19,20,21,22)/b7-4-,14-8-. The second-order valence-corrected chi connectivity index (χ2v) is 6.08. The summed E-state index contributed by atoms with van der Waals surface area (Å²) in [6.07, 6.45) is 7.07. The van der Waals surface area contributed by atoms with Gasteiger partial charge in [0.25, 0.3) is 5.91 Å². The number of hydrogen-bond acceptors (Lipinski definition) is 4. The number of aliphatic imine (C=N–C) groups is 1. The lowest BCUT2D eigenvalue weighted by Gasteiger charge is -1.95. The van der Waals surface area contributed by atoms with Crippen molar-refractivity contribution in [2.45, 2.75) is 0 Å².